The van der Waals surface area contributed by atoms with E-state index in [1.165, 1.54) is 0 Å². The Hall–Kier alpha value is -2.14. The zero-order chi connectivity index (χ0) is 18.0. The number of aromatic nitrogens is 2. The highest BCUT2D eigenvalue weighted by molar-refractivity contribution is 5.94. The van der Waals surface area contributed by atoms with Crippen LogP contribution in [-0.2, 0) is 0 Å². The van der Waals surface area contributed by atoms with E-state index in [1.807, 2.05) is 47.7 Å². The monoisotopic (exact) mass is 340 g/mol. The fourth-order valence-electron chi connectivity index (χ4n) is 3.62. The lowest BCUT2D eigenvalue weighted by Crippen LogP contribution is -2.33. The normalized spacial score (nSPS) is 18.4. The van der Waals surface area contributed by atoms with Gasteiger partial charge in [-0.2, -0.15) is 5.10 Å². The highest BCUT2D eigenvalue weighted by Crippen LogP contribution is 2.18. The van der Waals surface area contributed by atoms with Crippen molar-refractivity contribution < 1.29 is 4.79 Å². The predicted octanol–water partition coefficient (Wildman–Crippen LogP) is 3.05. The molecule has 0 N–H and O–H groups in total. The summed E-state index contributed by atoms with van der Waals surface area (Å²) in [6.45, 7) is 5.71. The maximum atomic E-state index is 12.8. The third-order valence-electron chi connectivity index (χ3n) is 5.08. The molecule has 1 aromatic heterocycles. The van der Waals surface area contributed by atoms with Crippen molar-refractivity contribution in [2.45, 2.75) is 39.2 Å². The lowest BCUT2D eigenvalue weighted by molar-refractivity contribution is 0.0758. The van der Waals surface area contributed by atoms with Gasteiger partial charge in [0.1, 0.15) is 0 Å². The van der Waals surface area contributed by atoms with Crippen LogP contribution in [0.15, 0.2) is 30.3 Å². The molecule has 0 bridgehead atoms. The molecule has 1 aliphatic rings. The Kier molecular flexibility index (Phi) is 5.23. The number of likely N-dealkylation sites (tertiary alicyclic amines) is 1. The van der Waals surface area contributed by atoms with Crippen LogP contribution in [0.5, 0.6) is 0 Å². The van der Waals surface area contributed by atoms with E-state index < -0.39 is 0 Å². The topological polar surface area (TPSA) is 41.4 Å². The first-order valence-electron chi connectivity index (χ1n) is 9.05. The van der Waals surface area contributed by atoms with E-state index in [-0.39, 0.29) is 5.91 Å². The number of rotatable bonds is 3. The van der Waals surface area contributed by atoms with E-state index in [4.69, 9.17) is 0 Å². The van der Waals surface area contributed by atoms with Gasteiger partial charge in [-0.05, 0) is 77.5 Å². The Morgan fingerprint density at radius 2 is 1.84 bits per heavy atom. The Bertz CT molecular complexity index is 733. The predicted molar refractivity (Wildman–Crippen MR) is 100 cm³/mol. The molecule has 0 radical (unpaired) electrons. The van der Waals surface area contributed by atoms with Crippen LogP contribution in [0.4, 0.5) is 0 Å². The molecule has 1 aromatic carbocycles. The molecule has 134 valence electrons. The zero-order valence-corrected chi connectivity index (χ0v) is 15.7. The van der Waals surface area contributed by atoms with Gasteiger partial charge < -0.3 is 9.80 Å². The highest BCUT2D eigenvalue weighted by atomic mass is 16.2. The van der Waals surface area contributed by atoms with Crippen molar-refractivity contribution in [2.75, 3.05) is 27.2 Å². The van der Waals surface area contributed by atoms with Crippen LogP contribution >= 0.6 is 0 Å². The van der Waals surface area contributed by atoms with Crippen molar-refractivity contribution in [1.29, 1.82) is 0 Å². The molecule has 0 spiro atoms. The summed E-state index contributed by atoms with van der Waals surface area (Å²) in [4.78, 5) is 17.1. The largest absolute Gasteiger partial charge is 0.339 e. The Morgan fingerprint density at radius 3 is 2.44 bits per heavy atom. The number of aryl methyl sites for hydroxylation is 2. The summed E-state index contributed by atoms with van der Waals surface area (Å²) in [6, 6.07) is 10.4. The van der Waals surface area contributed by atoms with Crippen LogP contribution in [-0.4, -0.2) is 58.7 Å². The molecule has 5 nitrogen and oxygen atoms in total. The minimum absolute atomic E-state index is 0.138. The van der Waals surface area contributed by atoms with Gasteiger partial charge in [-0.3, -0.25) is 4.79 Å². The zero-order valence-electron chi connectivity index (χ0n) is 15.7. The summed E-state index contributed by atoms with van der Waals surface area (Å²) in [6.07, 6.45) is 3.27. The third-order valence-corrected chi connectivity index (χ3v) is 5.08. The molecule has 1 atom stereocenters. The molecule has 25 heavy (non-hydrogen) atoms. The van der Waals surface area contributed by atoms with Crippen LogP contribution in [0.3, 0.4) is 0 Å². The number of benzene rings is 1. The lowest BCUT2D eigenvalue weighted by Gasteiger charge is -2.23. The van der Waals surface area contributed by atoms with Gasteiger partial charge in [-0.15, -0.1) is 0 Å². The maximum absolute atomic E-state index is 12.8. The molecule has 1 saturated heterocycles. The summed E-state index contributed by atoms with van der Waals surface area (Å²) in [7, 11) is 4.25. The van der Waals surface area contributed by atoms with Crippen LogP contribution < -0.4 is 0 Å². The van der Waals surface area contributed by atoms with Crippen molar-refractivity contribution in [3.8, 4) is 5.69 Å². The second kappa shape index (κ2) is 7.40. The summed E-state index contributed by atoms with van der Waals surface area (Å²) < 4.78 is 1.91. The third kappa shape index (κ3) is 3.93. The molecule has 0 saturated carbocycles. The van der Waals surface area contributed by atoms with Gasteiger partial charge >= 0.3 is 0 Å². The first-order valence-corrected chi connectivity index (χ1v) is 9.05. The quantitative estimate of drug-likeness (QED) is 0.862. The Balaban J connectivity index is 1.71. The number of carbonyl (C=O) groups is 1. The second-order valence-corrected chi connectivity index (χ2v) is 7.23. The average molecular weight is 340 g/mol. The van der Waals surface area contributed by atoms with Crippen LogP contribution in [0.2, 0.25) is 0 Å². The molecular weight excluding hydrogens is 312 g/mol. The first kappa shape index (κ1) is 17.7. The fourth-order valence-corrected chi connectivity index (χ4v) is 3.62. The van der Waals surface area contributed by atoms with E-state index >= 15 is 0 Å². The first-order chi connectivity index (χ1) is 12.0. The smallest absolute Gasteiger partial charge is 0.253 e. The average Bonchev–Trinajstić information content (AvgIpc) is 2.79. The number of hydrogen-bond acceptors (Lipinski definition) is 3. The fraction of sp³-hybridized carbons (Fsp3) is 0.500. The van der Waals surface area contributed by atoms with Crippen molar-refractivity contribution in [3.05, 3.63) is 47.3 Å². The van der Waals surface area contributed by atoms with E-state index in [1.54, 1.807) is 0 Å². The lowest BCUT2D eigenvalue weighted by atomic mass is 10.1. The van der Waals surface area contributed by atoms with Gasteiger partial charge in [0, 0.05) is 30.4 Å². The molecule has 5 heteroatoms. The Morgan fingerprint density at radius 1 is 1.12 bits per heavy atom. The SMILES string of the molecule is Cc1cc(C)n(-c2ccc(C(=O)N3CCCC(N(C)C)CC3)cc2)n1. The summed E-state index contributed by atoms with van der Waals surface area (Å²) in [5, 5.41) is 4.50. The van der Waals surface area contributed by atoms with Gasteiger partial charge in [-0.25, -0.2) is 4.68 Å². The van der Waals surface area contributed by atoms with Crippen molar-refractivity contribution >= 4 is 5.91 Å². The minimum atomic E-state index is 0.138. The molecule has 0 aliphatic carbocycles. The van der Waals surface area contributed by atoms with E-state index in [9.17, 15) is 4.79 Å². The Labute approximate surface area is 150 Å². The van der Waals surface area contributed by atoms with Crippen molar-refractivity contribution in [3.63, 3.8) is 0 Å². The summed E-state index contributed by atoms with van der Waals surface area (Å²) in [5.74, 6) is 0.138. The number of nitrogens with zero attached hydrogens (tertiary/aromatic N) is 4. The minimum Gasteiger partial charge on any atom is -0.339 e. The molecule has 1 aliphatic heterocycles. The van der Waals surface area contributed by atoms with Crippen LogP contribution in [0.1, 0.15) is 41.0 Å². The molecule has 2 heterocycles. The highest BCUT2D eigenvalue weighted by Gasteiger charge is 2.22. The maximum Gasteiger partial charge on any atom is 0.253 e. The van der Waals surface area contributed by atoms with Gasteiger partial charge in [0.05, 0.1) is 11.4 Å². The van der Waals surface area contributed by atoms with Crippen LogP contribution in [0, 0.1) is 13.8 Å². The number of carbonyl (C=O) groups excluding carboxylic acids is 1. The number of amides is 1. The molecule has 1 amide bonds. The molecule has 2 aromatic rings. The van der Waals surface area contributed by atoms with E-state index in [0.29, 0.717) is 6.04 Å². The molecule has 1 unspecified atom stereocenters. The molecule has 1 fully saturated rings. The van der Waals surface area contributed by atoms with E-state index in [0.717, 1.165) is 55.0 Å². The van der Waals surface area contributed by atoms with Crippen molar-refractivity contribution in [1.82, 2.24) is 19.6 Å². The van der Waals surface area contributed by atoms with Gasteiger partial charge in [0.2, 0.25) is 0 Å². The summed E-state index contributed by atoms with van der Waals surface area (Å²) >= 11 is 0. The van der Waals surface area contributed by atoms with E-state index in [2.05, 4.69) is 30.2 Å². The molecular formula is C20H28N4O. The van der Waals surface area contributed by atoms with Crippen LogP contribution in [0.25, 0.3) is 5.69 Å². The molecule has 3 rings (SSSR count). The van der Waals surface area contributed by atoms with Gasteiger partial charge in [0.15, 0.2) is 0 Å². The van der Waals surface area contributed by atoms with Crippen molar-refractivity contribution in [2.24, 2.45) is 0 Å². The second-order valence-electron chi connectivity index (χ2n) is 7.23. The van der Waals surface area contributed by atoms with Gasteiger partial charge in [0.25, 0.3) is 5.91 Å². The summed E-state index contributed by atoms with van der Waals surface area (Å²) in [5.41, 5.74) is 3.84. The standard InChI is InChI=1S/C20H28N4O/c1-15-14-16(2)24(21-15)19-9-7-17(8-10-19)20(25)23-12-5-6-18(11-13-23)22(3)4/h7-10,14,18H,5-6,11-13H2,1-4H3. The van der Waals surface area contributed by atoms with Gasteiger partial charge in [-0.1, -0.05) is 0 Å². The number of hydrogen-bond donors (Lipinski definition) is 0.